The minimum Gasteiger partial charge on any atom is -0.352 e. The molecule has 3 rings (SSSR count). The summed E-state index contributed by atoms with van der Waals surface area (Å²) >= 11 is 0. The van der Waals surface area contributed by atoms with E-state index in [1.165, 1.54) is 29.2 Å². The van der Waals surface area contributed by atoms with Crippen LogP contribution in [0.2, 0.25) is 0 Å². The van der Waals surface area contributed by atoms with Gasteiger partial charge in [-0.1, -0.05) is 73.7 Å². The number of benzene rings is 3. The highest BCUT2D eigenvalue weighted by atomic mass is 19.1. The molecule has 8 heteroatoms. The van der Waals surface area contributed by atoms with Crippen LogP contribution < -0.4 is 5.32 Å². The van der Waals surface area contributed by atoms with Gasteiger partial charge >= 0.3 is 0 Å². The first-order valence-corrected chi connectivity index (χ1v) is 11.9. The number of carbonyl (C=O) groups excluding carboxylic acids is 2. The van der Waals surface area contributed by atoms with Crippen molar-refractivity contribution in [3.8, 4) is 0 Å². The Bertz CT molecular complexity index is 1200. The van der Waals surface area contributed by atoms with Gasteiger partial charge in [0.05, 0.1) is 11.3 Å². The number of nitro benzene ring substituents is 1. The molecule has 0 aliphatic rings. The van der Waals surface area contributed by atoms with Crippen molar-refractivity contribution >= 4 is 17.5 Å². The first-order chi connectivity index (χ1) is 17.3. The molecule has 2 amide bonds. The molecule has 0 aromatic heterocycles. The van der Waals surface area contributed by atoms with Crippen molar-refractivity contribution in [1.29, 1.82) is 0 Å². The lowest BCUT2D eigenvalue weighted by atomic mass is 10.0. The number of carbonyl (C=O) groups is 2. The molecular formula is C28H30FN3O4. The highest BCUT2D eigenvalue weighted by Crippen LogP contribution is 2.22. The summed E-state index contributed by atoms with van der Waals surface area (Å²) in [5.41, 5.74) is 1.13. The second kappa shape index (κ2) is 12.6. The molecule has 0 unspecified atom stereocenters. The molecule has 2 atom stereocenters. The van der Waals surface area contributed by atoms with E-state index in [0.29, 0.717) is 6.42 Å². The third-order valence-electron chi connectivity index (χ3n) is 6.10. The molecule has 0 heterocycles. The zero-order valence-electron chi connectivity index (χ0n) is 20.4. The van der Waals surface area contributed by atoms with Gasteiger partial charge in [0.15, 0.2) is 0 Å². The summed E-state index contributed by atoms with van der Waals surface area (Å²) in [6, 6.07) is 20.3. The van der Waals surface area contributed by atoms with Gasteiger partial charge in [0.2, 0.25) is 11.8 Å². The van der Waals surface area contributed by atoms with E-state index in [-0.39, 0.29) is 48.1 Å². The van der Waals surface area contributed by atoms with Gasteiger partial charge in [-0.3, -0.25) is 19.7 Å². The van der Waals surface area contributed by atoms with Crippen molar-refractivity contribution in [3.63, 3.8) is 0 Å². The van der Waals surface area contributed by atoms with E-state index in [2.05, 4.69) is 5.32 Å². The van der Waals surface area contributed by atoms with Crippen molar-refractivity contribution in [2.24, 2.45) is 0 Å². The first-order valence-electron chi connectivity index (χ1n) is 11.9. The summed E-state index contributed by atoms with van der Waals surface area (Å²) in [7, 11) is 0. The van der Waals surface area contributed by atoms with Gasteiger partial charge in [-0.15, -0.1) is 0 Å². The predicted molar refractivity (Wildman–Crippen MR) is 136 cm³/mol. The van der Waals surface area contributed by atoms with Crippen molar-refractivity contribution in [2.45, 2.75) is 51.7 Å². The molecule has 3 aromatic carbocycles. The Kier molecular flexibility index (Phi) is 9.27. The van der Waals surface area contributed by atoms with Crippen molar-refractivity contribution < 1.29 is 18.9 Å². The largest absolute Gasteiger partial charge is 0.352 e. The van der Waals surface area contributed by atoms with Crippen molar-refractivity contribution in [3.05, 3.63) is 111 Å². The van der Waals surface area contributed by atoms with Crippen LogP contribution in [-0.2, 0) is 29.0 Å². The summed E-state index contributed by atoms with van der Waals surface area (Å²) in [5.74, 6) is -1.37. The quantitative estimate of drug-likeness (QED) is 0.307. The maximum atomic E-state index is 14.6. The Hall–Kier alpha value is -4.07. The Morgan fingerprint density at radius 1 is 0.972 bits per heavy atom. The second-order valence-corrected chi connectivity index (χ2v) is 8.70. The standard InChI is InChI=1S/C28H30FN3O4/c1-3-20(2)30-28(34)26(17-21-11-5-4-6-12-21)31(19-23-14-7-9-15-24(23)29)27(33)18-22-13-8-10-16-25(22)32(35)36/h4-16,20,26H,3,17-19H2,1-2H3,(H,30,34)/t20-,26+/m0/s1. The molecule has 188 valence electrons. The summed E-state index contributed by atoms with van der Waals surface area (Å²) in [5, 5.41) is 14.5. The summed E-state index contributed by atoms with van der Waals surface area (Å²) < 4.78 is 14.6. The maximum absolute atomic E-state index is 14.6. The lowest BCUT2D eigenvalue weighted by Crippen LogP contribution is -2.52. The van der Waals surface area contributed by atoms with Crippen LogP contribution in [0.5, 0.6) is 0 Å². The number of hydrogen-bond acceptors (Lipinski definition) is 4. The minimum absolute atomic E-state index is 0.128. The van der Waals surface area contributed by atoms with Crippen LogP contribution in [0.4, 0.5) is 10.1 Å². The SMILES string of the molecule is CC[C@H](C)NC(=O)[C@@H](Cc1ccccc1)N(Cc1ccccc1F)C(=O)Cc1ccccc1[N+](=O)[O-]. The van der Waals surface area contributed by atoms with Gasteiger partial charge in [0.1, 0.15) is 11.9 Å². The maximum Gasteiger partial charge on any atom is 0.273 e. The molecule has 7 nitrogen and oxygen atoms in total. The van der Waals surface area contributed by atoms with Crippen molar-refractivity contribution in [1.82, 2.24) is 10.2 Å². The number of nitrogens with zero attached hydrogens (tertiary/aromatic N) is 2. The van der Waals surface area contributed by atoms with Crippen molar-refractivity contribution in [2.75, 3.05) is 0 Å². The molecule has 0 aliphatic carbocycles. The van der Waals surface area contributed by atoms with Gasteiger partial charge in [-0.25, -0.2) is 4.39 Å². The minimum atomic E-state index is -0.948. The number of hydrogen-bond donors (Lipinski definition) is 1. The Morgan fingerprint density at radius 2 is 1.58 bits per heavy atom. The van der Waals surface area contributed by atoms with E-state index in [9.17, 15) is 24.1 Å². The third-order valence-corrected chi connectivity index (χ3v) is 6.10. The van der Waals surface area contributed by atoms with Gasteiger partial charge in [0, 0.05) is 36.2 Å². The number of nitro groups is 1. The van der Waals surface area contributed by atoms with E-state index in [1.807, 2.05) is 44.2 Å². The fourth-order valence-corrected chi connectivity index (χ4v) is 3.91. The zero-order chi connectivity index (χ0) is 26.1. The van der Waals surface area contributed by atoms with E-state index >= 15 is 0 Å². The molecule has 0 aliphatic heterocycles. The van der Waals surface area contributed by atoms with Crippen LogP contribution in [0.3, 0.4) is 0 Å². The third kappa shape index (κ3) is 6.97. The molecule has 0 radical (unpaired) electrons. The number of rotatable bonds is 11. The lowest BCUT2D eigenvalue weighted by Gasteiger charge is -2.32. The summed E-state index contributed by atoms with van der Waals surface area (Å²) in [6.45, 7) is 3.65. The monoisotopic (exact) mass is 491 g/mol. The highest BCUT2D eigenvalue weighted by molar-refractivity contribution is 5.89. The van der Waals surface area contributed by atoms with Crippen LogP contribution in [-0.4, -0.2) is 33.7 Å². The topological polar surface area (TPSA) is 92.6 Å². The highest BCUT2D eigenvalue weighted by Gasteiger charge is 2.32. The van der Waals surface area contributed by atoms with Gasteiger partial charge in [-0.05, 0) is 25.0 Å². The molecule has 0 saturated heterocycles. The molecule has 0 spiro atoms. The molecule has 0 saturated carbocycles. The lowest BCUT2D eigenvalue weighted by molar-refractivity contribution is -0.385. The molecule has 36 heavy (non-hydrogen) atoms. The number of nitrogens with one attached hydrogen (secondary N) is 1. The fraction of sp³-hybridized carbons (Fsp3) is 0.286. The summed E-state index contributed by atoms with van der Waals surface area (Å²) in [6.07, 6.45) is 0.606. The molecular weight excluding hydrogens is 461 g/mol. The van der Waals surface area contributed by atoms with Gasteiger partial charge in [-0.2, -0.15) is 0 Å². The molecule has 0 bridgehead atoms. The number of para-hydroxylation sites is 1. The molecule has 0 fully saturated rings. The normalized spacial score (nSPS) is 12.4. The Morgan fingerprint density at radius 3 is 2.22 bits per heavy atom. The van der Waals surface area contributed by atoms with E-state index in [0.717, 1.165) is 5.56 Å². The predicted octanol–water partition coefficient (Wildman–Crippen LogP) is 4.83. The first kappa shape index (κ1) is 26.5. The zero-order valence-corrected chi connectivity index (χ0v) is 20.4. The van der Waals surface area contributed by atoms with Crippen LogP contribution in [0.25, 0.3) is 0 Å². The average Bonchev–Trinajstić information content (AvgIpc) is 2.87. The smallest absolute Gasteiger partial charge is 0.273 e. The molecule has 3 aromatic rings. The summed E-state index contributed by atoms with van der Waals surface area (Å²) in [4.78, 5) is 39.5. The number of halogens is 1. The van der Waals surface area contributed by atoms with E-state index < -0.39 is 22.7 Å². The number of amides is 2. The molecule has 1 N–H and O–H groups in total. The Balaban J connectivity index is 2.03. The average molecular weight is 492 g/mol. The van der Waals surface area contributed by atoms with Crippen LogP contribution in [0.15, 0.2) is 78.9 Å². The Labute approximate surface area is 210 Å². The fourth-order valence-electron chi connectivity index (χ4n) is 3.91. The van der Waals surface area contributed by atoms with Gasteiger partial charge < -0.3 is 10.2 Å². The second-order valence-electron chi connectivity index (χ2n) is 8.70. The van der Waals surface area contributed by atoms with E-state index in [4.69, 9.17) is 0 Å². The van der Waals surface area contributed by atoms with Crippen LogP contribution in [0.1, 0.15) is 37.0 Å². The van der Waals surface area contributed by atoms with Gasteiger partial charge in [0.25, 0.3) is 5.69 Å². The van der Waals surface area contributed by atoms with Crippen LogP contribution in [0, 0.1) is 15.9 Å². The van der Waals surface area contributed by atoms with E-state index in [1.54, 1.807) is 24.3 Å². The van der Waals surface area contributed by atoms with Crippen LogP contribution >= 0.6 is 0 Å².